The zero-order valence-electron chi connectivity index (χ0n) is 11.3. The number of nitrogen functional groups attached to an aromatic ring is 1. The van der Waals surface area contributed by atoms with Crippen molar-refractivity contribution in [3.05, 3.63) is 58.1 Å². The van der Waals surface area contributed by atoms with Crippen molar-refractivity contribution in [1.29, 1.82) is 0 Å². The van der Waals surface area contributed by atoms with Gasteiger partial charge in [-0.05, 0) is 42.3 Å². The van der Waals surface area contributed by atoms with E-state index in [0.29, 0.717) is 15.9 Å². The molecule has 0 radical (unpaired) electrons. The van der Waals surface area contributed by atoms with Gasteiger partial charge in [0.05, 0.1) is 11.3 Å². The minimum atomic E-state index is 0.446. The van der Waals surface area contributed by atoms with Crippen LogP contribution in [0.1, 0.15) is 5.56 Å². The first-order chi connectivity index (χ1) is 10.1. The van der Waals surface area contributed by atoms with Crippen LogP contribution in [-0.2, 0) is 0 Å². The van der Waals surface area contributed by atoms with Crippen LogP contribution in [0.25, 0.3) is 22.4 Å². The molecule has 3 N–H and O–H groups in total. The Morgan fingerprint density at radius 2 is 1.81 bits per heavy atom. The Labute approximate surface area is 132 Å². The number of aryl methyl sites for hydroxylation is 1. The van der Waals surface area contributed by atoms with Crippen molar-refractivity contribution in [2.75, 3.05) is 5.73 Å². The van der Waals surface area contributed by atoms with Crippen molar-refractivity contribution in [2.24, 2.45) is 0 Å². The van der Waals surface area contributed by atoms with Crippen LogP contribution in [0.4, 0.5) is 5.82 Å². The highest BCUT2D eigenvalue weighted by atomic mass is 35.5. The first-order valence-corrected chi connectivity index (χ1v) is 7.18. The van der Waals surface area contributed by atoms with Crippen LogP contribution in [0, 0.1) is 6.92 Å². The van der Waals surface area contributed by atoms with E-state index in [2.05, 4.69) is 10.2 Å². The van der Waals surface area contributed by atoms with Crippen molar-refractivity contribution in [2.45, 2.75) is 6.92 Å². The molecule has 0 aliphatic rings. The minimum absolute atomic E-state index is 0.446. The summed E-state index contributed by atoms with van der Waals surface area (Å²) < 4.78 is 0. The molecular formula is C16H13Cl2N3. The van der Waals surface area contributed by atoms with Gasteiger partial charge in [0.15, 0.2) is 5.82 Å². The fourth-order valence-corrected chi connectivity index (χ4v) is 2.81. The van der Waals surface area contributed by atoms with Crippen LogP contribution in [0.3, 0.4) is 0 Å². The summed E-state index contributed by atoms with van der Waals surface area (Å²) in [5, 5.41) is 8.51. The first kappa shape index (κ1) is 14.0. The smallest absolute Gasteiger partial charge is 0.153 e. The highest BCUT2D eigenvalue weighted by Gasteiger charge is 2.16. The molecule has 0 fully saturated rings. The lowest BCUT2D eigenvalue weighted by atomic mass is 9.98. The lowest BCUT2D eigenvalue weighted by molar-refractivity contribution is 1.10. The normalized spacial score (nSPS) is 10.8. The number of H-pyrrole nitrogens is 1. The monoisotopic (exact) mass is 317 g/mol. The van der Waals surface area contributed by atoms with Crippen LogP contribution in [-0.4, -0.2) is 10.2 Å². The van der Waals surface area contributed by atoms with Crippen LogP contribution in [0.5, 0.6) is 0 Å². The van der Waals surface area contributed by atoms with Gasteiger partial charge in [-0.2, -0.15) is 5.10 Å². The molecule has 3 rings (SSSR count). The van der Waals surface area contributed by atoms with E-state index >= 15 is 0 Å². The molecular weight excluding hydrogens is 305 g/mol. The second kappa shape index (κ2) is 5.43. The van der Waals surface area contributed by atoms with Crippen molar-refractivity contribution in [3.63, 3.8) is 0 Å². The number of nitrogens with two attached hydrogens (primary N) is 1. The topological polar surface area (TPSA) is 54.7 Å². The Morgan fingerprint density at radius 1 is 1.05 bits per heavy atom. The molecule has 1 aromatic heterocycles. The van der Waals surface area contributed by atoms with Gasteiger partial charge in [-0.15, -0.1) is 0 Å². The van der Waals surface area contributed by atoms with Crippen molar-refractivity contribution in [1.82, 2.24) is 10.2 Å². The molecule has 0 atom stereocenters. The molecule has 0 saturated carbocycles. The fourth-order valence-electron chi connectivity index (χ4n) is 2.39. The number of aromatic amines is 1. The SMILES string of the molecule is Cc1cc(Cl)ccc1-c1[nH]nc(N)c1-c1cccc(Cl)c1. The molecule has 0 aliphatic carbocycles. The second-order valence-corrected chi connectivity index (χ2v) is 5.70. The number of benzene rings is 2. The number of hydrogen-bond donors (Lipinski definition) is 2. The average molecular weight is 318 g/mol. The molecule has 0 amide bonds. The van der Waals surface area contributed by atoms with E-state index in [-0.39, 0.29) is 0 Å². The van der Waals surface area contributed by atoms with E-state index in [1.54, 1.807) is 0 Å². The Kier molecular flexibility index (Phi) is 3.62. The third kappa shape index (κ3) is 2.62. The first-order valence-electron chi connectivity index (χ1n) is 6.42. The molecule has 0 saturated heterocycles. The Bertz CT molecular complexity index is 809. The van der Waals surface area contributed by atoms with Gasteiger partial charge in [0.25, 0.3) is 0 Å². The Hall–Kier alpha value is -1.97. The summed E-state index contributed by atoms with van der Waals surface area (Å²) in [5.41, 5.74) is 10.7. The molecule has 3 aromatic rings. The summed E-state index contributed by atoms with van der Waals surface area (Å²) in [5.74, 6) is 0.446. The summed E-state index contributed by atoms with van der Waals surface area (Å²) >= 11 is 12.1. The van der Waals surface area contributed by atoms with Gasteiger partial charge < -0.3 is 5.73 Å². The molecule has 21 heavy (non-hydrogen) atoms. The summed E-state index contributed by atoms with van der Waals surface area (Å²) in [6, 6.07) is 13.3. The molecule has 0 spiro atoms. The summed E-state index contributed by atoms with van der Waals surface area (Å²) in [6.07, 6.45) is 0. The van der Waals surface area contributed by atoms with E-state index in [0.717, 1.165) is 27.9 Å². The molecule has 0 bridgehead atoms. The number of nitrogens with one attached hydrogen (secondary N) is 1. The summed E-state index contributed by atoms with van der Waals surface area (Å²) in [6.45, 7) is 2.00. The van der Waals surface area contributed by atoms with Gasteiger partial charge in [-0.1, -0.05) is 41.4 Å². The van der Waals surface area contributed by atoms with Gasteiger partial charge in [0.2, 0.25) is 0 Å². The van der Waals surface area contributed by atoms with E-state index in [1.165, 1.54) is 0 Å². The predicted molar refractivity (Wildman–Crippen MR) is 88.6 cm³/mol. The van der Waals surface area contributed by atoms with E-state index in [1.807, 2.05) is 49.4 Å². The molecule has 106 valence electrons. The van der Waals surface area contributed by atoms with E-state index in [4.69, 9.17) is 28.9 Å². The maximum absolute atomic E-state index is 6.08. The van der Waals surface area contributed by atoms with Crippen LogP contribution in [0.2, 0.25) is 10.0 Å². The van der Waals surface area contributed by atoms with Crippen molar-refractivity contribution >= 4 is 29.0 Å². The van der Waals surface area contributed by atoms with Crippen LogP contribution in [0.15, 0.2) is 42.5 Å². The van der Waals surface area contributed by atoms with Crippen LogP contribution < -0.4 is 5.73 Å². The van der Waals surface area contributed by atoms with E-state index in [9.17, 15) is 0 Å². The third-order valence-electron chi connectivity index (χ3n) is 3.37. The van der Waals surface area contributed by atoms with Gasteiger partial charge in [-0.3, -0.25) is 5.10 Å². The second-order valence-electron chi connectivity index (χ2n) is 4.83. The number of anilines is 1. The largest absolute Gasteiger partial charge is 0.382 e. The molecule has 0 unspecified atom stereocenters. The maximum atomic E-state index is 6.08. The van der Waals surface area contributed by atoms with E-state index < -0.39 is 0 Å². The Morgan fingerprint density at radius 3 is 2.52 bits per heavy atom. The van der Waals surface area contributed by atoms with Crippen molar-refractivity contribution in [3.8, 4) is 22.4 Å². The number of halogens is 2. The predicted octanol–water partition coefficient (Wildman–Crippen LogP) is 4.94. The van der Waals surface area contributed by atoms with Gasteiger partial charge in [0.1, 0.15) is 0 Å². The average Bonchev–Trinajstić information content (AvgIpc) is 2.80. The molecule has 1 heterocycles. The van der Waals surface area contributed by atoms with Gasteiger partial charge in [0, 0.05) is 15.6 Å². The number of rotatable bonds is 2. The molecule has 5 heteroatoms. The van der Waals surface area contributed by atoms with Crippen LogP contribution >= 0.6 is 23.2 Å². The highest BCUT2D eigenvalue weighted by Crippen LogP contribution is 2.37. The third-order valence-corrected chi connectivity index (χ3v) is 3.84. The number of nitrogens with zero attached hydrogens (tertiary/aromatic N) is 1. The van der Waals surface area contributed by atoms with Gasteiger partial charge >= 0.3 is 0 Å². The number of aromatic nitrogens is 2. The maximum Gasteiger partial charge on any atom is 0.153 e. The zero-order valence-corrected chi connectivity index (χ0v) is 12.8. The summed E-state index contributed by atoms with van der Waals surface area (Å²) in [7, 11) is 0. The van der Waals surface area contributed by atoms with Crippen molar-refractivity contribution < 1.29 is 0 Å². The quantitative estimate of drug-likeness (QED) is 0.703. The standard InChI is InChI=1S/C16H13Cl2N3/c1-9-7-12(18)5-6-13(9)15-14(16(19)21-20-15)10-3-2-4-11(17)8-10/h2-8H,1H3,(H3,19,20,21). The fraction of sp³-hybridized carbons (Fsp3) is 0.0625. The molecule has 2 aromatic carbocycles. The molecule has 3 nitrogen and oxygen atoms in total. The van der Waals surface area contributed by atoms with Gasteiger partial charge in [-0.25, -0.2) is 0 Å². The number of hydrogen-bond acceptors (Lipinski definition) is 2. The zero-order chi connectivity index (χ0) is 15.0. The lowest BCUT2D eigenvalue weighted by Gasteiger charge is -2.08. The molecule has 0 aliphatic heterocycles. The minimum Gasteiger partial charge on any atom is -0.382 e. The summed E-state index contributed by atoms with van der Waals surface area (Å²) in [4.78, 5) is 0. The Balaban J connectivity index is 2.22. The lowest BCUT2D eigenvalue weighted by Crippen LogP contribution is -1.90. The highest BCUT2D eigenvalue weighted by molar-refractivity contribution is 6.31.